The number of primary amides is 1. The largest absolute Gasteiger partial charge is 0.369 e. The van der Waals surface area contributed by atoms with Crippen LogP contribution in [0.5, 0.6) is 0 Å². The molecule has 5 heteroatoms. The van der Waals surface area contributed by atoms with E-state index in [-0.39, 0.29) is 12.3 Å². The third-order valence-corrected chi connectivity index (χ3v) is 4.15. The Morgan fingerprint density at radius 2 is 2.05 bits per heavy atom. The number of nitrogens with zero attached hydrogens (tertiary/aromatic N) is 3. The van der Waals surface area contributed by atoms with Crippen LogP contribution in [0, 0.1) is 0 Å². The number of carbonyl (C=O) groups excluding carboxylic acids is 1. The van der Waals surface area contributed by atoms with Gasteiger partial charge in [0.15, 0.2) is 0 Å². The van der Waals surface area contributed by atoms with Crippen LogP contribution in [-0.4, -0.2) is 20.9 Å². The maximum Gasteiger partial charge on any atom is 0.223 e. The summed E-state index contributed by atoms with van der Waals surface area (Å²) in [6.07, 6.45) is 9.99. The minimum absolute atomic E-state index is 0.223. The molecule has 0 spiro atoms. The quantitative estimate of drug-likeness (QED) is 0.743. The first kappa shape index (κ1) is 15.0. The summed E-state index contributed by atoms with van der Waals surface area (Å²) < 4.78 is 2.03. The molecule has 0 unspecified atom stereocenters. The molecule has 1 aromatic heterocycles. The highest BCUT2D eigenvalue weighted by atomic mass is 16.1. The summed E-state index contributed by atoms with van der Waals surface area (Å²) in [7, 11) is 0. The maximum absolute atomic E-state index is 11.2. The highest BCUT2D eigenvalue weighted by molar-refractivity contribution is 5.76. The van der Waals surface area contributed by atoms with Crippen molar-refractivity contribution in [1.29, 1.82) is 0 Å². The summed E-state index contributed by atoms with van der Waals surface area (Å²) in [6.45, 7) is 3.13. The minimum atomic E-state index is -0.317. The second-order valence-corrected chi connectivity index (χ2v) is 5.83. The van der Waals surface area contributed by atoms with E-state index in [1.54, 1.807) is 0 Å². The zero-order valence-electron chi connectivity index (χ0n) is 12.5. The van der Waals surface area contributed by atoms with E-state index in [2.05, 4.69) is 17.2 Å². The van der Waals surface area contributed by atoms with Crippen molar-refractivity contribution in [3.8, 4) is 0 Å². The van der Waals surface area contributed by atoms with Gasteiger partial charge in [-0.15, -0.1) is 5.10 Å². The van der Waals surface area contributed by atoms with E-state index in [0.29, 0.717) is 5.92 Å². The van der Waals surface area contributed by atoms with Crippen molar-refractivity contribution in [3.63, 3.8) is 0 Å². The van der Waals surface area contributed by atoms with Crippen LogP contribution in [0.3, 0.4) is 0 Å². The van der Waals surface area contributed by atoms with Gasteiger partial charge in [-0.3, -0.25) is 4.79 Å². The first-order chi connectivity index (χ1) is 9.72. The second kappa shape index (κ2) is 7.41. The van der Waals surface area contributed by atoms with E-state index >= 15 is 0 Å². The molecule has 1 fully saturated rings. The topological polar surface area (TPSA) is 73.8 Å². The monoisotopic (exact) mass is 278 g/mol. The number of hydrogen-bond donors (Lipinski definition) is 1. The summed E-state index contributed by atoms with van der Waals surface area (Å²) in [5.41, 5.74) is 7.31. The van der Waals surface area contributed by atoms with Crippen LogP contribution in [0.4, 0.5) is 0 Å². The molecule has 112 valence electrons. The lowest BCUT2D eigenvalue weighted by atomic mass is 10.00. The van der Waals surface area contributed by atoms with Crippen molar-refractivity contribution in [2.24, 2.45) is 5.73 Å². The van der Waals surface area contributed by atoms with Crippen molar-refractivity contribution in [3.05, 3.63) is 11.4 Å². The number of unbranched alkanes of at least 4 members (excludes halogenated alkanes) is 3. The SMILES string of the molecule is CCCCCCn1nnc(CC(N)=O)c1C1CCCC1. The molecule has 0 aliphatic heterocycles. The summed E-state index contributed by atoms with van der Waals surface area (Å²) >= 11 is 0. The van der Waals surface area contributed by atoms with Gasteiger partial charge in [-0.25, -0.2) is 4.68 Å². The van der Waals surface area contributed by atoms with Crippen molar-refractivity contribution in [2.45, 2.75) is 77.2 Å². The van der Waals surface area contributed by atoms with Crippen LogP contribution in [0.15, 0.2) is 0 Å². The Kier molecular flexibility index (Phi) is 5.56. The van der Waals surface area contributed by atoms with Crippen LogP contribution in [0.2, 0.25) is 0 Å². The Labute approximate surface area is 120 Å². The molecule has 1 aliphatic rings. The molecular weight excluding hydrogens is 252 g/mol. The molecule has 0 atom stereocenters. The number of aromatic nitrogens is 3. The van der Waals surface area contributed by atoms with Crippen LogP contribution in [-0.2, 0) is 17.8 Å². The molecule has 1 aliphatic carbocycles. The molecule has 0 radical (unpaired) electrons. The number of nitrogens with two attached hydrogens (primary N) is 1. The van der Waals surface area contributed by atoms with Gasteiger partial charge >= 0.3 is 0 Å². The Balaban J connectivity index is 2.09. The van der Waals surface area contributed by atoms with Gasteiger partial charge in [-0.05, 0) is 19.3 Å². The average Bonchev–Trinajstić information content (AvgIpc) is 3.03. The third kappa shape index (κ3) is 3.81. The lowest BCUT2D eigenvalue weighted by Gasteiger charge is -2.13. The summed E-state index contributed by atoms with van der Waals surface area (Å²) in [4.78, 5) is 11.2. The first-order valence-corrected chi connectivity index (χ1v) is 7.93. The average molecular weight is 278 g/mol. The second-order valence-electron chi connectivity index (χ2n) is 5.83. The van der Waals surface area contributed by atoms with Gasteiger partial charge in [-0.1, -0.05) is 44.2 Å². The fraction of sp³-hybridized carbons (Fsp3) is 0.800. The van der Waals surface area contributed by atoms with E-state index in [1.165, 1.54) is 50.6 Å². The fourth-order valence-electron chi connectivity index (χ4n) is 3.15. The van der Waals surface area contributed by atoms with Gasteiger partial charge in [0.05, 0.1) is 17.8 Å². The Hall–Kier alpha value is -1.39. The summed E-state index contributed by atoms with van der Waals surface area (Å²) in [6, 6.07) is 0. The molecule has 1 amide bonds. The van der Waals surface area contributed by atoms with E-state index < -0.39 is 0 Å². The van der Waals surface area contributed by atoms with Crippen LogP contribution in [0.25, 0.3) is 0 Å². The van der Waals surface area contributed by atoms with E-state index in [9.17, 15) is 4.79 Å². The van der Waals surface area contributed by atoms with E-state index in [4.69, 9.17) is 5.73 Å². The van der Waals surface area contributed by atoms with Crippen molar-refractivity contribution < 1.29 is 4.79 Å². The van der Waals surface area contributed by atoms with Crippen molar-refractivity contribution in [2.75, 3.05) is 0 Å². The van der Waals surface area contributed by atoms with Gasteiger partial charge in [0.25, 0.3) is 0 Å². The van der Waals surface area contributed by atoms with Gasteiger partial charge in [0.2, 0.25) is 5.91 Å². The molecule has 1 saturated carbocycles. The Bertz CT molecular complexity index is 435. The highest BCUT2D eigenvalue weighted by Gasteiger charge is 2.26. The molecule has 20 heavy (non-hydrogen) atoms. The molecule has 5 nitrogen and oxygen atoms in total. The van der Waals surface area contributed by atoms with Crippen LogP contribution < -0.4 is 5.73 Å². The zero-order valence-corrected chi connectivity index (χ0v) is 12.5. The highest BCUT2D eigenvalue weighted by Crippen LogP contribution is 2.35. The molecule has 2 N–H and O–H groups in total. The molecular formula is C15H26N4O. The molecule has 0 bridgehead atoms. The van der Waals surface area contributed by atoms with Crippen LogP contribution >= 0.6 is 0 Å². The summed E-state index contributed by atoms with van der Waals surface area (Å²) in [5, 5.41) is 8.48. The number of rotatable bonds is 8. The normalized spacial score (nSPS) is 15.8. The number of aryl methyl sites for hydroxylation is 1. The predicted molar refractivity (Wildman–Crippen MR) is 78.3 cm³/mol. The van der Waals surface area contributed by atoms with Crippen molar-refractivity contribution in [1.82, 2.24) is 15.0 Å². The third-order valence-electron chi connectivity index (χ3n) is 4.15. The lowest BCUT2D eigenvalue weighted by Crippen LogP contribution is -2.16. The van der Waals surface area contributed by atoms with Gasteiger partial charge in [0.1, 0.15) is 0 Å². The van der Waals surface area contributed by atoms with Crippen LogP contribution in [0.1, 0.15) is 75.6 Å². The van der Waals surface area contributed by atoms with E-state index in [0.717, 1.165) is 18.7 Å². The summed E-state index contributed by atoms with van der Waals surface area (Å²) in [5.74, 6) is 0.202. The van der Waals surface area contributed by atoms with Gasteiger partial charge in [0, 0.05) is 12.5 Å². The predicted octanol–water partition coefficient (Wildman–Crippen LogP) is 2.54. The number of amides is 1. The van der Waals surface area contributed by atoms with Gasteiger partial charge < -0.3 is 5.73 Å². The molecule has 2 rings (SSSR count). The standard InChI is InChI=1S/C15H26N4O/c1-2-3-4-7-10-19-15(12-8-5-6-9-12)13(17-18-19)11-14(16)20/h12H,2-11H2,1H3,(H2,16,20). The first-order valence-electron chi connectivity index (χ1n) is 7.93. The molecule has 1 aromatic rings. The molecule has 0 saturated heterocycles. The van der Waals surface area contributed by atoms with Crippen molar-refractivity contribution >= 4 is 5.91 Å². The zero-order chi connectivity index (χ0) is 14.4. The smallest absolute Gasteiger partial charge is 0.223 e. The number of carbonyl (C=O) groups is 1. The molecule has 1 heterocycles. The van der Waals surface area contributed by atoms with E-state index in [1.807, 2.05) is 4.68 Å². The Morgan fingerprint density at radius 1 is 1.30 bits per heavy atom. The maximum atomic E-state index is 11.2. The fourth-order valence-corrected chi connectivity index (χ4v) is 3.15. The van der Waals surface area contributed by atoms with Gasteiger partial charge in [-0.2, -0.15) is 0 Å². The Morgan fingerprint density at radius 3 is 2.70 bits per heavy atom. The lowest BCUT2D eigenvalue weighted by molar-refractivity contribution is -0.117. The number of hydrogen-bond acceptors (Lipinski definition) is 3. The minimum Gasteiger partial charge on any atom is -0.369 e. The molecule has 0 aromatic carbocycles.